The highest BCUT2D eigenvalue weighted by Crippen LogP contribution is 2.45. The van der Waals surface area contributed by atoms with Crippen molar-refractivity contribution in [1.82, 2.24) is 15.0 Å². The second kappa shape index (κ2) is 6.93. The van der Waals surface area contributed by atoms with Crippen molar-refractivity contribution in [3.63, 3.8) is 0 Å². The Balaban J connectivity index is 1.16. The van der Waals surface area contributed by atoms with Crippen LogP contribution in [0.3, 0.4) is 0 Å². The highest BCUT2D eigenvalue weighted by molar-refractivity contribution is 5.74. The Morgan fingerprint density at radius 1 is 1.03 bits per heavy atom. The molecule has 1 N–H and O–H groups in total. The van der Waals surface area contributed by atoms with Gasteiger partial charge in [-0.05, 0) is 37.3 Å². The number of hydrogen-bond acceptors (Lipinski definition) is 9. The number of nitrogens with zero attached hydrogens (tertiary/aromatic N) is 6. The lowest BCUT2D eigenvalue weighted by molar-refractivity contribution is 0.0261. The van der Waals surface area contributed by atoms with E-state index in [2.05, 4.69) is 42.1 Å². The number of hydrogen-bond donors (Lipinski definition) is 1. The number of ether oxygens (including phenoxy) is 2. The number of morpholine rings is 1. The van der Waals surface area contributed by atoms with Gasteiger partial charge in [0.15, 0.2) is 18.3 Å². The van der Waals surface area contributed by atoms with Crippen molar-refractivity contribution >= 4 is 23.1 Å². The van der Waals surface area contributed by atoms with Crippen LogP contribution >= 0.6 is 0 Å². The molecule has 0 spiro atoms. The molecule has 6 heterocycles. The van der Waals surface area contributed by atoms with Gasteiger partial charge in [-0.1, -0.05) is 0 Å². The Morgan fingerprint density at radius 2 is 2.00 bits per heavy atom. The van der Waals surface area contributed by atoms with Gasteiger partial charge in [-0.3, -0.25) is 4.98 Å². The summed E-state index contributed by atoms with van der Waals surface area (Å²) in [4.78, 5) is 20.9. The quantitative estimate of drug-likeness (QED) is 0.725. The van der Waals surface area contributed by atoms with Crippen LogP contribution in [0.5, 0.6) is 0 Å². The number of pyridine rings is 1. The van der Waals surface area contributed by atoms with E-state index in [9.17, 15) is 0 Å². The van der Waals surface area contributed by atoms with Crippen LogP contribution in [0.15, 0.2) is 30.7 Å². The minimum absolute atomic E-state index is 0.0299. The van der Waals surface area contributed by atoms with Crippen molar-refractivity contribution in [2.24, 2.45) is 5.92 Å². The van der Waals surface area contributed by atoms with Crippen LogP contribution in [0.2, 0.25) is 0 Å². The normalized spacial score (nSPS) is 31.5. The molecule has 7 rings (SSSR count). The zero-order valence-corrected chi connectivity index (χ0v) is 17.4. The van der Waals surface area contributed by atoms with E-state index in [0.29, 0.717) is 12.1 Å². The van der Waals surface area contributed by atoms with Crippen LogP contribution in [0, 0.1) is 5.92 Å². The lowest BCUT2D eigenvalue weighted by Gasteiger charge is -2.38. The fraction of sp³-hybridized carbons (Fsp3) is 0.591. The molecule has 0 radical (unpaired) electrons. The fourth-order valence-corrected chi connectivity index (χ4v) is 5.31. The van der Waals surface area contributed by atoms with Crippen molar-refractivity contribution in [2.45, 2.75) is 43.9 Å². The first-order valence-corrected chi connectivity index (χ1v) is 11.4. The molecular weight excluding hydrogens is 394 g/mol. The Kier molecular flexibility index (Phi) is 4.02. The van der Waals surface area contributed by atoms with Crippen LogP contribution < -0.4 is 20.0 Å². The summed E-state index contributed by atoms with van der Waals surface area (Å²) in [6.45, 7) is 4.74. The average molecular weight is 422 g/mol. The summed E-state index contributed by atoms with van der Waals surface area (Å²) in [6.07, 6.45) is 9.07. The van der Waals surface area contributed by atoms with Crippen molar-refractivity contribution in [1.29, 1.82) is 0 Å². The first-order valence-electron chi connectivity index (χ1n) is 11.4. The maximum Gasteiger partial charge on any atom is 0.179 e. The van der Waals surface area contributed by atoms with Gasteiger partial charge in [0, 0.05) is 38.6 Å². The van der Waals surface area contributed by atoms with E-state index in [1.165, 1.54) is 18.5 Å². The molecule has 5 aliphatic rings. The summed E-state index contributed by atoms with van der Waals surface area (Å²) < 4.78 is 12.1. The van der Waals surface area contributed by atoms with Crippen molar-refractivity contribution < 1.29 is 9.47 Å². The summed E-state index contributed by atoms with van der Waals surface area (Å²) in [5, 5.41) is 3.35. The van der Waals surface area contributed by atoms with Gasteiger partial charge in [0.05, 0.1) is 30.6 Å². The molecule has 0 amide bonds. The Bertz CT molecular complexity index is 972. The lowest BCUT2D eigenvalue weighted by Crippen LogP contribution is -2.47. The predicted molar refractivity (Wildman–Crippen MR) is 116 cm³/mol. The van der Waals surface area contributed by atoms with E-state index in [4.69, 9.17) is 14.5 Å². The molecule has 9 heteroatoms. The molecule has 9 nitrogen and oxygen atoms in total. The molecule has 4 atom stereocenters. The minimum Gasteiger partial charge on any atom is -0.374 e. The maximum atomic E-state index is 6.06. The average Bonchev–Trinajstić information content (AvgIpc) is 3.74. The van der Waals surface area contributed by atoms with Crippen LogP contribution in [-0.2, 0) is 9.47 Å². The van der Waals surface area contributed by atoms with Gasteiger partial charge in [0.1, 0.15) is 11.6 Å². The third-order valence-corrected chi connectivity index (χ3v) is 7.14. The largest absolute Gasteiger partial charge is 0.374 e. The SMILES string of the molecule is c1cnc(NC2OC2N2c3nc(N4CCOC(C5CC5)C4)ccc3N3CCC2C3)cn1. The predicted octanol–water partition coefficient (Wildman–Crippen LogP) is 1.68. The summed E-state index contributed by atoms with van der Waals surface area (Å²) in [7, 11) is 0. The van der Waals surface area contributed by atoms with Gasteiger partial charge in [-0.25, -0.2) is 9.97 Å². The van der Waals surface area contributed by atoms with Crippen LogP contribution in [0.1, 0.15) is 19.3 Å². The number of anilines is 4. The molecule has 1 saturated carbocycles. The van der Waals surface area contributed by atoms with Gasteiger partial charge in [-0.2, -0.15) is 0 Å². The van der Waals surface area contributed by atoms with Gasteiger partial charge < -0.3 is 29.5 Å². The topological polar surface area (TPSA) is 82.2 Å². The number of epoxide rings is 1. The second-order valence-electron chi connectivity index (χ2n) is 9.18. The van der Waals surface area contributed by atoms with Gasteiger partial charge in [-0.15, -0.1) is 0 Å². The number of aromatic nitrogens is 3. The highest BCUT2D eigenvalue weighted by atomic mass is 16.6. The highest BCUT2D eigenvalue weighted by Gasteiger charge is 2.51. The van der Waals surface area contributed by atoms with E-state index in [1.807, 2.05) is 0 Å². The monoisotopic (exact) mass is 421 g/mol. The van der Waals surface area contributed by atoms with Crippen molar-refractivity contribution in [3.05, 3.63) is 30.7 Å². The first kappa shape index (κ1) is 18.0. The van der Waals surface area contributed by atoms with E-state index < -0.39 is 0 Å². The molecule has 3 saturated heterocycles. The summed E-state index contributed by atoms with van der Waals surface area (Å²) >= 11 is 0. The van der Waals surface area contributed by atoms with Gasteiger partial charge in [0.2, 0.25) is 0 Å². The van der Waals surface area contributed by atoms with E-state index >= 15 is 0 Å². The number of rotatable bonds is 5. The smallest absolute Gasteiger partial charge is 0.179 e. The van der Waals surface area contributed by atoms with E-state index in [1.54, 1.807) is 18.6 Å². The molecule has 162 valence electrons. The standard InChI is InChI=1S/C22H27N7O2/c1-2-14(1)17-13-28(9-10-30-17)19-4-3-16-20(26-19)29(15-5-8-27(16)12-15)22-21(31-22)25-18-11-23-6-7-24-18/h3-4,6-7,11,14-15,17,21-22H,1-2,5,8-10,12-13H2,(H,24,25). The van der Waals surface area contributed by atoms with E-state index in [-0.39, 0.29) is 12.5 Å². The molecule has 31 heavy (non-hydrogen) atoms. The Labute approximate surface area is 181 Å². The summed E-state index contributed by atoms with van der Waals surface area (Å²) in [5.41, 5.74) is 1.22. The molecule has 2 aromatic rings. The summed E-state index contributed by atoms with van der Waals surface area (Å²) in [6, 6.07) is 4.87. The fourth-order valence-electron chi connectivity index (χ4n) is 5.31. The maximum absolute atomic E-state index is 6.06. The molecule has 4 unspecified atom stereocenters. The lowest BCUT2D eigenvalue weighted by atomic mass is 10.1. The van der Waals surface area contributed by atoms with Crippen molar-refractivity contribution in [2.75, 3.05) is 52.8 Å². The molecular formula is C22H27N7O2. The molecule has 4 fully saturated rings. The number of nitrogens with one attached hydrogen (secondary N) is 1. The Morgan fingerprint density at radius 3 is 2.87 bits per heavy atom. The first-order chi connectivity index (χ1) is 15.3. The molecule has 4 aliphatic heterocycles. The zero-order chi connectivity index (χ0) is 20.4. The third kappa shape index (κ3) is 3.18. The zero-order valence-electron chi connectivity index (χ0n) is 17.4. The molecule has 1 aliphatic carbocycles. The van der Waals surface area contributed by atoms with Crippen LogP contribution in [0.4, 0.5) is 23.1 Å². The molecule has 2 bridgehead atoms. The van der Waals surface area contributed by atoms with Gasteiger partial charge >= 0.3 is 0 Å². The van der Waals surface area contributed by atoms with Gasteiger partial charge in [0.25, 0.3) is 0 Å². The third-order valence-electron chi connectivity index (χ3n) is 7.14. The summed E-state index contributed by atoms with van der Waals surface area (Å²) in [5.74, 6) is 3.58. The Hall–Kier alpha value is -2.65. The minimum atomic E-state index is -0.0928. The van der Waals surface area contributed by atoms with Crippen LogP contribution in [0.25, 0.3) is 0 Å². The number of fused-ring (bicyclic) bond motifs is 4. The van der Waals surface area contributed by atoms with Crippen LogP contribution in [-0.4, -0.2) is 72.3 Å². The second-order valence-corrected chi connectivity index (χ2v) is 9.18. The molecule has 0 aromatic carbocycles. The van der Waals surface area contributed by atoms with Crippen molar-refractivity contribution in [3.8, 4) is 0 Å². The van der Waals surface area contributed by atoms with E-state index in [0.717, 1.165) is 62.6 Å². The molecule has 2 aromatic heterocycles.